The molecule has 0 radical (unpaired) electrons. The predicted molar refractivity (Wildman–Crippen MR) is 206 cm³/mol. The first-order valence-electron chi connectivity index (χ1n) is 19.1. The highest BCUT2D eigenvalue weighted by atomic mass is 19.4. The average Bonchev–Trinajstić information content (AvgIpc) is 3.78. The number of hydrogen-bond donors (Lipinski definition) is 1. The van der Waals surface area contributed by atoms with Crippen molar-refractivity contribution in [1.82, 2.24) is 24.9 Å². The molecule has 7 rings (SSSR count). The molecule has 4 unspecified atom stereocenters. The van der Waals surface area contributed by atoms with Crippen molar-refractivity contribution in [3.8, 4) is 11.8 Å². The van der Waals surface area contributed by atoms with Crippen LogP contribution in [0.2, 0.25) is 0 Å². The fourth-order valence-electron chi connectivity index (χ4n) is 7.31. The number of nitriles is 1. The van der Waals surface area contributed by atoms with Crippen molar-refractivity contribution in [1.29, 1.82) is 5.26 Å². The molecule has 3 aliphatic heterocycles. The Bertz CT molecular complexity index is 2050. The van der Waals surface area contributed by atoms with Crippen LogP contribution in [0.25, 0.3) is 5.69 Å². The third-order valence-electron chi connectivity index (χ3n) is 10.0. The van der Waals surface area contributed by atoms with Crippen molar-refractivity contribution in [2.75, 3.05) is 44.7 Å². The second kappa shape index (κ2) is 18.6. The molecular formula is C42H47F4N7O4. The fourth-order valence-corrected chi connectivity index (χ4v) is 7.31. The van der Waals surface area contributed by atoms with Gasteiger partial charge in [0, 0.05) is 43.7 Å². The number of carbonyl (C=O) groups is 3. The average molecular weight is 790 g/mol. The molecule has 4 aromatic rings. The molecule has 2 fully saturated rings. The molecule has 2 bridgehead atoms. The zero-order valence-electron chi connectivity index (χ0n) is 32.6. The minimum atomic E-state index is -4.71. The Morgan fingerprint density at radius 3 is 2.19 bits per heavy atom. The van der Waals surface area contributed by atoms with E-state index < -0.39 is 47.2 Å². The molecule has 57 heavy (non-hydrogen) atoms. The molecule has 0 aliphatic carbocycles. The van der Waals surface area contributed by atoms with Gasteiger partial charge in [0.25, 0.3) is 17.7 Å². The van der Waals surface area contributed by atoms with E-state index in [9.17, 15) is 37.2 Å². The first kappa shape index (κ1) is 42.6. The van der Waals surface area contributed by atoms with Gasteiger partial charge in [0.2, 0.25) is 0 Å². The van der Waals surface area contributed by atoms with Gasteiger partial charge < -0.3 is 15.0 Å². The number of ether oxygens (including phenoxy) is 1. The molecule has 2 saturated heterocycles. The molecule has 1 N–H and O–H groups in total. The van der Waals surface area contributed by atoms with Gasteiger partial charge in [-0.25, -0.2) is 9.07 Å². The van der Waals surface area contributed by atoms with E-state index in [0.717, 1.165) is 29.2 Å². The summed E-state index contributed by atoms with van der Waals surface area (Å²) < 4.78 is 61.5. The molecule has 3 aromatic carbocycles. The molecular weight excluding hydrogens is 742 g/mol. The number of nitrogens with one attached hydrogen (secondary N) is 1. The summed E-state index contributed by atoms with van der Waals surface area (Å²) >= 11 is 0. The molecule has 302 valence electrons. The van der Waals surface area contributed by atoms with Crippen LogP contribution in [0.4, 0.5) is 23.4 Å². The van der Waals surface area contributed by atoms with Crippen molar-refractivity contribution >= 4 is 23.5 Å². The standard InChI is InChI=1S/C32H26F4N6O3.C8H15NO.C2H6/c1-3-41-29-25(27(30(44)40(2)17-16-37)39-42(29)23-10-5-4-6-11-23)24(19-12-14-22(33)15-13-19)26(31(41)45)38-28(43)20-8-7-9-21(18-20)32(34,35)36;1-2-9-5-7-3-4-8(6-9)10-7;1-2/h4-15,18,24,26H,3,17H2,1-2H3,(H,38,43);7-8H,2-6H2,1H3;1-2H3. The van der Waals surface area contributed by atoms with E-state index in [-0.39, 0.29) is 35.7 Å². The molecule has 4 atom stereocenters. The summed E-state index contributed by atoms with van der Waals surface area (Å²) in [7, 11) is 1.41. The number of morpholine rings is 1. The summed E-state index contributed by atoms with van der Waals surface area (Å²) in [6.45, 7) is 11.2. The van der Waals surface area contributed by atoms with E-state index in [1.165, 1.54) is 67.3 Å². The zero-order valence-corrected chi connectivity index (χ0v) is 32.6. The van der Waals surface area contributed by atoms with E-state index in [0.29, 0.717) is 29.5 Å². The van der Waals surface area contributed by atoms with Gasteiger partial charge in [-0.05, 0) is 74.3 Å². The van der Waals surface area contributed by atoms with Gasteiger partial charge in [-0.15, -0.1) is 0 Å². The van der Waals surface area contributed by atoms with Crippen molar-refractivity contribution in [2.45, 2.75) is 70.9 Å². The summed E-state index contributed by atoms with van der Waals surface area (Å²) in [6, 6.07) is 18.0. The first-order chi connectivity index (χ1) is 27.3. The highest BCUT2D eigenvalue weighted by Crippen LogP contribution is 2.44. The maximum Gasteiger partial charge on any atom is 0.416 e. The molecule has 4 heterocycles. The van der Waals surface area contributed by atoms with Crippen molar-refractivity contribution in [3.05, 3.63) is 113 Å². The second-order valence-corrected chi connectivity index (χ2v) is 13.6. The number of benzene rings is 3. The topological polar surface area (TPSA) is 124 Å². The Balaban J connectivity index is 0.000000441. The van der Waals surface area contributed by atoms with Crippen molar-refractivity contribution < 1.29 is 36.7 Å². The lowest BCUT2D eigenvalue weighted by Gasteiger charge is -2.38. The Labute approximate surface area is 329 Å². The summed E-state index contributed by atoms with van der Waals surface area (Å²) in [5.74, 6) is -3.72. The normalized spacial score (nSPS) is 19.9. The first-order valence-corrected chi connectivity index (χ1v) is 19.1. The van der Waals surface area contributed by atoms with Crippen LogP contribution in [-0.4, -0.2) is 95.3 Å². The van der Waals surface area contributed by atoms with Crippen LogP contribution >= 0.6 is 0 Å². The maximum absolute atomic E-state index is 14.2. The third-order valence-corrected chi connectivity index (χ3v) is 10.0. The van der Waals surface area contributed by atoms with E-state index in [2.05, 4.69) is 22.2 Å². The van der Waals surface area contributed by atoms with Crippen molar-refractivity contribution in [2.24, 2.45) is 0 Å². The zero-order chi connectivity index (χ0) is 41.4. The number of carbonyl (C=O) groups excluding carboxylic acids is 3. The molecule has 11 nitrogen and oxygen atoms in total. The van der Waals surface area contributed by atoms with Gasteiger partial charge >= 0.3 is 6.18 Å². The monoisotopic (exact) mass is 789 g/mol. The number of alkyl halides is 3. The lowest BCUT2D eigenvalue weighted by atomic mass is 9.80. The number of fused-ring (bicyclic) bond motifs is 3. The number of amides is 3. The lowest BCUT2D eigenvalue weighted by Crippen LogP contribution is -2.55. The Kier molecular flexibility index (Phi) is 13.9. The summed E-state index contributed by atoms with van der Waals surface area (Å²) in [6.07, 6.45) is -0.988. The Morgan fingerprint density at radius 1 is 0.965 bits per heavy atom. The van der Waals surface area contributed by atoms with Crippen molar-refractivity contribution in [3.63, 3.8) is 0 Å². The highest BCUT2D eigenvalue weighted by molar-refractivity contribution is 6.07. The number of para-hydroxylation sites is 1. The number of anilines is 1. The van der Waals surface area contributed by atoms with E-state index >= 15 is 0 Å². The quantitative estimate of drug-likeness (QED) is 0.154. The smallest absolute Gasteiger partial charge is 0.372 e. The minimum Gasteiger partial charge on any atom is -0.372 e. The largest absolute Gasteiger partial charge is 0.416 e. The second-order valence-electron chi connectivity index (χ2n) is 13.6. The van der Waals surface area contributed by atoms with Gasteiger partial charge in [-0.2, -0.15) is 23.5 Å². The van der Waals surface area contributed by atoms with E-state index in [4.69, 9.17) is 4.74 Å². The summed E-state index contributed by atoms with van der Waals surface area (Å²) in [4.78, 5) is 46.5. The van der Waals surface area contributed by atoms with Gasteiger partial charge in [-0.3, -0.25) is 24.2 Å². The lowest BCUT2D eigenvalue weighted by molar-refractivity contribution is -0.137. The number of nitrogens with zero attached hydrogens (tertiary/aromatic N) is 6. The number of likely N-dealkylation sites (tertiary alicyclic amines) is 1. The van der Waals surface area contributed by atoms with E-state index in [1.807, 2.05) is 19.9 Å². The van der Waals surface area contributed by atoms with Crippen LogP contribution < -0.4 is 10.2 Å². The summed E-state index contributed by atoms with van der Waals surface area (Å²) in [5.41, 5.74) is -0.446. The Morgan fingerprint density at radius 2 is 1.61 bits per heavy atom. The molecule has 0 spiro atoms. The van der Waals surface area contributed by atoms with Crippen LogP contribution in [0.1, 0.15) is 84.0 Å². The van der Waals surface area contributed by atoms with Gasteiger partial charge in [-0.1, -0.05) is 57.2 Å². The predicted octanol–water partition coefficient (Wildman–Crippen LogP) is 6.82. The highest BCUT2D eigenvalue weighted by Gasteiger charge is 2.47. The van der Waals surface area contributed by atoms with E-state index in [1.54, 1.807) is 37.3 Å². The Hall–Kier alpha value is -5.59. The molecule has 0 saturated carbocycles. The molecule has 1 aromatic heterocycles. The summed E-state index contributed by atoms with van der Waals surface area (Å²) in [5, 5.41) is 16.5. The maximum atomic E-state index is 14.2. The molecule has 3 aliphatic rings. The van der Waals surface area contributed by atoms with Crippen LogP contribution in [0, 0.1) is 17.1 Å². The number of hydrogen-bond acceptors (Lipinski definition) is 7. The number of halogens is 4. The van der Waals surface area contributed by atoms with Crippen LogP contribution in [-0.2, 0) is 15.7 Å². The minimum absolute atomic E-state index is 0.0676. The van der Waals surface area contributed by atoms with Crippen LogP contribution in [0.3, 0.4) is 0 Å². The SMILES string of the molecule is CC.CCN1C(=O)C(NC(=O)c2cccc(C(F)(F)F)c2)C(c2ccc(F)cc2)c2c(C(=O)N(C)CC#N)nn(-c3ccccc3)c21.CCN1CC2CCC(C1)O2. The van der Waals surface area contributed by atoms with Gasteiger partial charge in [0.15, 0.2) is 5.69 Å². The van der Waals surface area contributed by atoms with Crippen LogP contribution in [0.15, 0.2) is 78.9 Å². The fraction of sp³-hybridized carbons (Fsp3) is 0.405. The number of likely N-dealkylation sites (N-methyl/N-ethyl adjacent to an activating group) is 2. The van der Waals surface area contributed by atoms with Crippen LogP contribution in [0.5, 0.6) is 0 Å². The third kappa shape index (κ3) is 9.35. The number of rotatable bonds is 8. The van der Waals surface area contributed by atoms with Gasteiger partial charge in [0.05, 0.1) is 29.5 Å². The molecule has 15 heteroatoms. The number of aromatic nitrogens is 2. The van der Waals surface area contributed by atoms with Gasteiger partial charge in [0.1, 0.15) is 24.2 Å². The molecule has 3 amide bonds.